The van der Waals surface area contributed by atoms with E-state index in [0.29, 0.717) is 0 Å². The van der Waals surface area contributed by atoms with Gasteiger partial charge in [-0.25, -0.2) is 4.79 Å². The number of nitrogens with one attached hydrogen (secondary N) is 2. The summed E-state index contributed by atoms with van der Waals surface area (Å²) in [6, 6.07) is 7.23. The van der Waals surface area contributed by atoms with Crippen molar-refractivity contribution in [2.24, 2.45) is 0 Å². The Morgan fingerprint density at radius 3 is 2.57 bits per heavy atom. The number of hydrogen-bond donors (Lipinski definition) is 2. The quantitative estimate of drug-likeness (QED) is 0.876. The van der Waals surface area contributed by atoms with E-state index in [4.69, 9.17) is 0 Å². The lowest BCUT2D eigenvalue weighted by atomic mass is 10.1. The molecule has 1 atom stereocenters. The SMILES string of the molecule is C[C@H](C(=O)NC(=O)NC(C)(C)C)N1CCc2ccccc21. The number of amides is 3. The third-order valence-electron chi connectivity index (χ3n) is 3.50. The normalized spacial score (nSPS) is 15.3. The number of urea groups is 1. The Kier molecular flexibility index (Phi) is 4.21. The van der Waals surface area contributed by atoms with E-state index in [1.54, 1.807) is 0 Å². The number of imide groups is 1. The molecule has 3 amide bonds. The van der Waals surface area contributed by atoms with Gasteiger partial charge in [-0.2, -0.15) is 0 Å². The Morgan fingerprint density at radius 2 is 1.90 bits per heavy atom. The van der Waals surface area contributed by atoms with Crippen molar-refractivity contribution < 1.29 is 9.59 Å². The summed E-state index contributed by atoms with van der Waals surface area (Å²) >= 11 is 0. The average molecular weight is 289 g/mol. The molecule has 0 saturated heterocycles. The monoisotopic (exact) mass is 289 g/mol. The number of benzene rings is 1. The average Bonchev–Trinajstić information content (AvgIpc) is 2.79. The summed E-state index contributed by atoms with van der Waals surface area (Å²) in [5.74, 6) is -0.284. The van der Waals surface area contributed by atoms with Crippen molar-refractivity contribution in [3.8, 4) is 0 Å². The third-order valence-corrected chi connectivity index (χ3v) is 3.50. The van der Waals surface area contributed by atoms with Crippen LogP contribution in [0, 0.1) is 0 Å². The maximum absolute atomic E-state index is 12.2. The van der Waals surface area contributed by atoms with Crippen LogP contribution in [0.1, 0.15) is 33.3 Å². The molecule has 0 aliphatic carbocycles. The van der Waals surface area contributed by atoms with Gasteiger partial charge in [-0.3, -0.25) is 10.1 Å². The van der Waals surface area contributed by atoms with Crippen LogP contribution in [0.5, 0.6) is 0 Å². The van der Waals surface area contributed by atoms with E-state index >= 15 is 0 Å². The summed E-state index contributed by atoms with van der Waals surface area (Å²) < 4.78 is 0. The topological polar surface area (TPSA) is 61.4 Å². The molecular weight excluding hydrogens is 266 g/mol. The van der Waals surface area contributed by atoms with Crippen molar-refractivity contribution in [2.75, 3.05) is 11.4 Å². The second kappa shape index (κ2) is 5.76. The molecule has 1 heterocycles. The van der Waals surface area contributed by atoms with E-state index in [0.717, 1.165) is 18.7 Å². The Bertz CT molecular complexity index is 549. The molecule has 0 spiro atoms. The highest BCUT2D eigenvalue weighted by molar-refractivity contribution is 5.98. The molecule has 1 aliphatic heterocycles. The number of carbonyl (C=O) groups is 2. The Morgan fingerprint density at radius 1 is 1.24 bits per heavy atom. The van der Waals surface area contributed by atoms with Gasteiger partial charge in [-0.05, 0) is 45.7 Å². The highest BCUT2D eigenvalue weighted by atomic mass is 16.2. The lowest BCUT2D eigenvalue weighted by Crippen LogP contribution is -2.53. The minimum atomic E-state index is -0.452. The van der Waals surface area contributed by atoms with Gasteiger partial charge in [0.15, 0.2) is 0 Å². The summed E-state index contributed by atoms with van der Waals surface area (Å²) in [5.41, 5.74) is 1.96. The smallest absolute Gasteiger partial charge is 0.321 e. The second-order valence-corrected chi connectivity index (χ2v) is 6.44. The van der Waals surface area contributed by atoms with Gasteiger partial charge in [-0.1, -0.05) is 18.2 Å². The van der Waals surface area contributed by atoms with E-state index in [9.17, 15) is 9.59 Å². The fraction of sp³-hybridized carbons (Fsp3) is 0.500. The zero-order valence-electron chi connectivity index (χ0n) is 13.1. The molecule has 0 saturated carbocycles. The number of carbonyl (C=O) groups excluding carboxylic acids is 2. The van der Waals surface area contributed by atoms with Gasteiger partial charge in [-0.15, -0.1) is 0 Å². The van der Waals surface area contributed by atoms with E-state index < -0.39 is 6.03 Å². The number of rotatable bonds is 2. The summed E-state index contributed by atoms with van der Waals surface area (Å²) in [6.45, 7) is 8.24. The molecule has 5 heteroatoms. The molecule has 2 N–H and O–H groups in total. The van der Waals surface area contributed by atoms with Crippen molar-refractivity contribution >= 4 is 17.6 Å². The van der Waals surface area contributed by atoms with Crippen molar-refractivity contribution in [3.63, 3.8) is 0 Å². The van der Waals surface area contributed by atoms with Gasteiger partial charge in [0.25, 0.3) is 0 Å². The second-order valence-electron chi connectivity index (χ2n) is 6.44. The highest BCUT2D eigenvalue weighted by Gasteiger charge is 2.28. The minimum absolute atomic E-state index is 0.284. The van der Waals surface area contributed by atoms with E-state index in [1.807, 2.05) is 50.8 Å². The van der Waals surface area contributed by atoms with Crippen molar-refractivity contribution in [3.05, 3.63) is 29.8 Å². The number of para-hydroxylation sites is 1. The van der Waals surface area contributed by atoms with Crippen LogP contribution < -0.4 is 15.5 Å². The fourth-order valence-corrected chi connectivity index (χ4v) is 2.50. The zero-order chi connectivity index (χ0) is 15.6. The van der Waals surface area contributed by atoms with Crippen molar-refractivity contribution in [2.45, 2.75) is 45.7 Å². The molecule has 2 rings (SSSR count). The van der Waals surface area contributed by atoms with Crippen LogP contribution >= 0.6 is 0 Å². The molecule has 1 aromatic carbocycles. The third kappa shape index (κ3) is 3.74. The molecule has 0 radical (unpaired) electrons. The minimum Gasteiger partial charge on any atom is -0.359 e. The molecular formula is C16H23N3O2. The number of fused-ring (bicyclic) bond motifs is 1. The molecule has 0 unspecified atom stereocenters. The lowest BCUT2D eigenvalue weighted by molar-refractivity contribution is -0.121. The molecule has 114 valence electrons. The predicted octanol–water partition coefficient (Wildman–Crippen LogP) is 2.06. The number of anilines is 1. The van der Waals surface area contributed by atoms with Crippen LogP contribution in [0.3, 0.4) is 0 Å². The molecule has 0 aromatic heterocycles. The summed E-state index contributed by atoms with van der Waals surface area (Å²) in [4.78, 5) is 26.0. The predicted molar refractivity (Wildman–Crippen MR) is 83.4 cm³/mol. The van der Waals surface area contributed by atoms with Gasteiger partial charge in [0.05, 0.1) is 0 Å². The summed E-state index contributed by atoms with van der Waals surface area (Å²) in [5, 5.41) is 5.14. The summed E-state index contributed by atoms with van der Waals surface area (Å²) in [7, 11) is 0. The molecule has 1 aliphatic rings. The van der Waals surface area contributed by atoms with Crippen LogP contribution in [0.25, 0.3) is 0 Å². The summed E-state index contributed by atoms with van der Waals surface area (Å²) in [6.07, 6.45) is 0.933. The fourth-order valence-electron chi connectivity index (χ4n) is 2.50. The largest absolute Gasteiger partial charge is 0.359 e. The first kappa shape index (κ1) is 15.4. The Labute approximate surface area is 125 Å². The standard InChI is InChI=1S/C16H23N3O2/c1-11(14(20)17-15(21)18-16(2,3)4)19-10-9-12-7-5-6-8-13(12)19/h5-8,11H,9-10H2,1-4H3,(H2,17,18,20,21)/t11-/m1/s1. The van der Waals surface area contributed by atoms with Crippen LogP contribution in [0.2, 0.25) is 0 Å². The van der Waals surface area contributed by atoms with Crippen LogP contribution in [0.4, 0.5) is 10.5 Å². The number of nitrogens with zero attached hydrogens (tertiary/aromatic N) is 1. The van der Waals surface area contributed by atoms with Crippen LogP contribution in [0.15, 0.2) is 24.3 Å². The molecule has 1 aromatic rings. The van der Waals surface area contributed by atoms with Crippen LogP contribution in [-0.4, -0.2) is 30.1 Å². The van der Waals surface area contributed by atoms with E-state index in [1.165, 1.54) is 5.56 Å². The first-order valence-electron chi connectivity index (χ1n) is 7.25. The molecule has 0 fully saturated rings. The lowest BCUT2D eigenvalue weighted by Gasteiger charge is -2.27. The van der Waals surface area contributed by atoms with Gasteiger partial charge in [0.2, 0.25) is 5.91 Å². The Balaban J connectivity index is 1.99. The van der Waals surface area contributed by atoms with Crippen LogP contribution in [-0.2, 0) is 11.2 Å². The van der Waals surface area contributed by atoms with Gasteiger partial charge >= 0.3 is 6.03 Å². The van der Waals surface area contributed by atoms with Gasteiger partial charge in [0, 0.05) is 17.8 Å². The van der Waals surface area contributed by atoms with Crippen molar-refractivity contribution in [1.29, 1.82) is 0 Å². The molecule has 21 heavy (non-hydrogen) atoms. The maximum Gasteiger partial charge on any atom is 0.321 e. The first-order valence-corrected chi connectivity index (χ1v) is 7.25. The number of hydrogen-bond acceptors (Lipinski definition) is 3. The van der Waals surface area contributed by atoms with E-state index in [2.05, 4.69) is 16.7 Å². The molecule has 5 nitrogen and oxygen atoms in total. The van der Waals surface area contributed by atoms with Gasteiger partial charge < -0.3 is 10.2 Å². The van der Waals surface area contributed by atoms with Gasteiger partial charge in [0.1, 0.15) is 6.04 Å². The van der Waals surface area contributed by atoms with Crippen molar-refractivity contribution in [1.82, 2.24) is 10.6 Å². The zero-order valence-corrected chi connectivity index (χ0v) is 13.1. The Hall–Kier alpha value is -2.04. The van der Waals surface area contributed by atoms with E-state index in [-0.39, 0.29) is 17.5 Å². The highest BCUT2D eigenvalue weighted by Crippen LogP contribution is 2.29. The maximum atomic E-state index is 12.2. The molecule has 0 bridgehead atoms. The first-order chi connectivity index (χ1) is 9.78.